The van der Waals surface area contributed by atoms with Crippen molar-refractivity contribution < 1.29 is 0 Å². The summed E-state index contributed by atoms with van der Waals surface area (Å²) in [5.41, 5.74) is 8.21. The van der Waals surface area contributed by atoms with Gasteiger partial charge in [-0.05, 0) is 53.1 Å². The van der Waals surface area contributed by atoms with Crippen molar-refractivity contribution in [2.24, 2.45) is 7.05 Å². The van der Waals surface area contributed by atoms with Crippen LogP contribution >= 0.6 is 0 Å². The molecule has 7 heteroatoms. The van der Waals surface area contributed by atoms with E-state index in [-0.39, 0.29) is 5.41 Å². The summed E-state index contributed by atoms with van der Waals surface area (Å²) < 4.78 is 2.05. The van der Waals surface area contributed by atoms with Gasteiger partial charge in [0.05, 0.1) is 12.0 Å². The molecule has 0 atom stereocenters. The highest BCUT2D eigenvalue weighted by Crippen LogP contribution is 2.28. The molecule has 0 saturated carbocycles. The first-order valence-electron chi connectivity index (χ1n) is 12.9. The summed E-state index contributed by atoms with van der Waals surface area (Å²) in [5.74, 6) is 0.798. The maximum Gasteiger partial charge on any atom is 0.227 e. The summed E-state index contributed by atoms with van der Waals surface area (Å²) in [5, 5.41) is 0. The second kappa shape index (κ2) is 9.97. The number of aromatic nitrogens is 5. The van der Waals surface area contributed by atoms with Gasteiger partial charge >= 0.3 is 0 Å². The van der Waals surface area contributed by atoms with Gasteiger partial charge in [0.1, 0.15) is 5.52 Å². The van der Waals surface area contributed by atoms with Crippen LogP contribution in [0, 0.1) is 6.92 Å². The maximum absolute atomic E-state index is 5.16. The standard InChI is InChI=1S/C29H37N7/c1-21-7-8-24(29(2,3)4)17-23(21)18-25-26-27(31-20-34(26)5)33-28(32-25)36-14-6-13-35(15-16-36)19-22-9-11-30-12-10-22/h7-12,17,20H,6,13-16,18-19H2,1-5H3. The molecule has 1 saturated heterocycles. The molecule has 4 aromatic rings. The van der Waals surface area contributed by atoms with Crippen molar-refractivity contribution in [2.45, 2.75) is 52.5 Å². The van der Waals surface area contributed by atoms with Crippen LogP contribution in [0.2, 0.25) is 0 Å². The monoisotopic (exact) mass is 483 g/mol. The van der Waals surface area contributed by atoms with Gasteiger partial charge in [-0.2, -0.15) is 4.98 Å². The van der Waals surface area contributed by atoms with Crippen LogP contribution in [0.4, 0.5) is 5.95 Å². The zero-order valence-corrected chi connectivity index (χ0v) is 22.2. The van der Waals surface area contributed by atoms with Gasteiger partial charge < -0.3 is 9.47 Å². The van der Waals surface area contributed by atoms with E-state index in [1.54, 1.807) is 0 Å². The van der Waals surface area contributed by atoms with E-state index in [0.717, 1.165) is 68.4 Å². The van der Waals surface area contributed by atoms with E-state index in [9.17, 15) is 0 Å². The number of benzene rings is 1. The minimum absolute atomic E-state index is 0.106. The highest BCUT2D eigenvalue weighted by Gasteiger charge is 2.21. The molecule has 188 valence electrons. The third-order valence-electron chi connectivity index (χ3n) is 7.23. The molecule has 0 unspecified atom stereocenters. The van der Waals surface area contributed by atoms with Crippen molar-refractivity contribution in [3.63, 3.8) is 0 Å². The van der Waals surface area contributed by atoms with E-state index < -0.39 is 0 Å². The van der Waals surface area contributed by atoms with E-state index in [0.29, 0.717) is 0 Å². The largest absolute Gasteiger partial charge is 0.339 e. The molecule has 4 heterocycles. The first-order chi connectivity index (χ1) is 17.3. The van der Waals surface area contributed by atoms with Crippen LogP contribution in [-0.2, 0) is 25.4 Å². The van der Waals surface area contributed by atoms with Crippen LogP contribution in [0.5, 0.6) is 0 Å². The fourth-order valence-electron chi connectivity index (χ4n) is 4.97. The number of rotatable bonds is 5. The number of aryl methyl sites for hydroxylation is 2. The van der Waals surface area contributed by atoms with Crippen molar-refractivity contribution in [1.82, 2.24) is 29.4 Å². The number of imidazole rings is 1. The normalized spacial score (nSPS) is 15.4. The van der Waals surface area contributed by atoms with E-state index >= 15 is 0 Å². The lowest BCUT2D eigenvalue weighted by Gasteiger charge is -2.23. The zero-order chi connectivity index (χ0) is 25.3. The molecule has 36 heavy (non-hydrogen) atoms. The first-order valence-corrected chi connectivity index (χ1v) is 12.9. The van der Waals surface area contributed by atoms with Crippen LogP contribution in [0.1, 0.15) is 55.1 Å². The first kappa shape index (κ1) is 24.4. The Bertz CT molecular complexity index is 1340. The van der Waals surface area contributed by atoms with Crippen molar-refractivity contribution in [2.75, 3.05) is 31.1 Å². The molecular weight excluding hydrogens is 446 g/mol. The van der Waals surface area contributed by atoms with Crippen LogP contribution in [0.25, 0.3) is 11.2 Å². The number of fused-ring (bicyclic) bond motifs is 1. The number of hydrogen-bond donors (Lipinski definition) is 0. The third-order valence-corrected chi connectivity index (χ3v) is 7.23. The molecule has 7 nitrogen and oxygen atoms in total. The van der Waals surface area contributed by atoms with Gasteiger partial charge in [-0.25, -0.2) is 9.97 Å². The van der Waals surface area contributed by atoms with Crippen molar-refractivity contribution in [3.8, 4) is 0 Å². The van der Waals surface area contributed by atoms with Crippen LogP contribution in [0.3, 0.4) is 0 Å². The predicted octanol–water partition coefficient (Wildman–Crippen LogP) is 4.67. The molecule has 5 rings (SSSR count). The predicted molar refractivity (Wildman–Crippen MR) is 145 cm³/mol. The third kappa shape index (κ3) is 5.26. The topological polar surface area (TPSA) is 63.0 Å². The number of pyridine rings is 1. The van der Waals surface area contributed by atoms with Gasteiger partial charge in [-0.15, -0.1) is 0 Å². The Labute approximate surface area is 214 Å². The molecule has 1 fully saturated rings. The highest BCUT2D eigenvalue weighted by molar-refractivity contribution is 5.75. The summed E-state index contributed by atoms with van der Waals surface area (Å²) in [4.78, 5) is 23.7. The fraction of sp³-hybridized carbons (Fsp3) is 0.448. The molecule has 0 bridgehead atoms. The number of nitrogens with zero attached hydrogens (tertiary/aromatic N) is 7. The van der Waals surface area contributed by atoms with Gasteiger partial charge in [0.2, 0.25) is 5.95 Å². The van der Waals surface area contributed by atoms with Gasteiger partial charge in [0.25, 0.3) is 0 Å². The maximum atomic E-state index is 5.16. The van der Waals surface area contributed by atoms with E-state index in [1.807, 2.05) is 25.8 Å². The summed E-state index contributed by atoms with van der Waals surface area (Å²) in [6.07, 6.45) is 7.44. The summed E-state index contributed by atoms with van der Waals surface area (Å²) in [6.45, 7) is 13.8. The van der Waals surface area contributed by atoms with Crippen LogP contribution < -0.4 is 4.90 Å². The summed E-state index contributed by atoms with van der Waals surface area (Å²) in [6, 6.07) is 11.0. The minimum atomic E-state index is 0.106. The fourth-order valence-corrected chi connectivity index (χ4v) is 4.97. The van der Waals surface area contributed by atoms with Crippen LogP contribution in [0.15, 0.2) is 49.1 Å². The Morgan fingerprint density at radius 3 is 2.53 bits per heavy atom. The van der Waals surface area contributed by atoms with E-state index in [2.05, 4.69) is 82.4 Å². The lowest BCUT2D eigenvalue weighted by atomic mass is 9.84. The zero-order valence-electron chi connectivity index (χ0n) is 22.2. The van der Waals surface area contributed by atoms with Gasteiger partial charge in [-0.1, -0.05) is 39.0 Å². The average Bonchev–Trinajstić information content (AvgIpc) is 3.07. The van der Waals surface area contributed by atoms with Gasteiger partial charge in [0, 0.05) is 58.6 Å². The quantitative estimate of drug-likeness (QED) is 0.411. The lowest BCUT2D eigenvalue weighted by Crippen LogP contribution is -2.31. The highest BCUT2D eigenvalue weighted by atomic mass is 15.3. The number of hydrogen-bond acceptors (Lipinski definition) is 6. The Hall–Kier alpha value is -3.32. The molecule has 0 N–H and O–H groups in total. The molecule has 1 aliphatic heterocycles. The van der Waals surface area contributed by atoms with E-state index in [4.69, 9.17) is 9.97 Å². The molecule has 0 amide bonds. The second-order valence-electron chi connectivity index (χ2n) is 11.0. The van der Waals surface area contributed by atoms with Crippen molar-refractivity contribution >= 4 is 17.1 Å². The minimum Gasteiger partial charge on any atom is -0.339 e. The smallest absolute Gasteiger partial charge is 0.227 e. The van der Waals surface area contributed by atoms with Crippen molar-refractivity contribution in [3.05, 3.63) is 77.0 Å². The van der Waals surface area contributed by atoms with Crippen molar-refractivity contribution in [1.29, 1.82) is 0 Å². The average molecular weight is 484 g/mol. The summed E-state index contributed by atoms with van der Waals surface area (Å²) >= 11 is 0. The molecule has 3 aromatic heterocycles. The van der Waals surface area contributed by atoms with Crippen LogP contribution in [-0.4, -0.2) is 55.6 Å². The molecule has 1 aromatic carbocycles. The van der Waals surface area contributed by atoms with Gasteiger partial charge in [0.15, 0.2) is 5.65 Å². The molecule has 1 aliphatic rings. The summed E-state index contributed by atoms with van der Waals surface area (Å²) in [7, 11) is 2.03. The SMILES string of the molecule is Cc1ccc(C(C)(C)C)cc1Cc1nc(N2CCCN(Cc3ccncc3)CC2)nc2ncn(C)c12. The Morgan fingerprint density at radius 1 is 0.944 bits per heavy atom. The Kier molecular flexibility index (Phi) is 6.75. The number of anilines is 1. The molecule has 0 radical (unpaired) electrons. The Balaban J connectivity index is 1.42. The molecule has 0 spiro atoms. The molecule has 0 aliphatic carbocycles. The van der Waals surface area contributed by atoms with Gasteiger partial charge in [-0.3, -0.25) is 9.88 Å². The van der Waals surface area contributed by atoms with E-state index in [1.165, 1.54) is 22.3 Å². The second-order valence-corrected chi connectivity index (χ2v) is 11.0. The lowest BCUT2D eigenvalue weighted by molar-refractivity contribution is 0.285. The Morgan fingerprint density at radius 2 is 1.75 bits per heavy atom. The molecular formula is C29H37N7.